The van der Waals surface area contributed by atoms with Gasteiger partial charge in [-0.3, -0.25) is 9.78 Å². The zero-order valence-electron chi connectivity index (χ0n) is 8.61. The van der Waals surface area contributed by atoms with Crippen molar-refractivity contribution in [2.24, 2.45) is 0 Å². The molecule has 0 aliphatic heterocycles. The highest BCUT2D eigenvalue weighted by Gasteiger charge is 2.05. The number of nitrogens with one attached hydrogen (secondary N) is 1. The second-order valence-electron chi connectivity index (χ2n) is 2.94. The van der Waals surface area contributed by atoms with Crippen LogP contribution >= 0.6 is 0 Å². The first-order chi connectivity index (χ1) is 7.13. The average molecular weight is 208 g/mol. The second kappa shape index (κ2) is 5.09. The topological polar surface area (TPSA) is 68.3 Å². The lowest BCUT2D eigenvalue weighted by Crippen LogP contribution is -2.19. The third-order valence-corrected chi connectivity index (χ3v) is 1.76. The summed E-state index contributed by atoms with van der Waals surface area (Å²) < 4.78 is 4.53. The smallest absolute Gasteiger partial charge is 0.339 e. The van der Waals surface area contributed by atoms with E-state index < -0.39 is 5.97 Å². The van der Waals surface area contributed by atoms with Gasteiger partial charge in [0, 0.05) is 13.1 Å². The van der Waals surface area contributed by atoms with Crippen molar-refractivity contribution in [1.29, 1.82) is 0 Å². The van der Waals surface area contributed by atoms with Crippen molar-refractivity contribution in [2.75, 3.05) is 7.11 Å². The molecule has 0 radical (unpaired) electrons. The maximum Gasteiger partial charge on any atom is 0.339 e. The third kappa shape index (κ3) is 3.38. The molecule has 0 spiro atoms. The number of carbonyl (C=O) groups excluding carboxylic acids is 2. The fraction of sp³-hybridized carbons (Fsp3) is 0.300. The molecule has 1 N–H and O–H groups in total. The van der Waals surface area contributed by atoms with Gasteiger partial charge in [-0.15, -0.1) is 0 Å². The standard InChI is InChI=1S/C10H12N2O3/c1-7(13)11-6-9-4-3-8(5-12-9)10(14)15-2/h3-5H,6H2,1-2H3,(H,11,13). The molecule has 0 saturated carbocycles. The summed E-state index contributed by atoms with van der Waals surface area (Å²) in [6, 6.07) is 3.28. The Bertz CT molecular complexity index is 359. The van der Waals surface area contributed by atoms with E-state index in [1.807, 2.05) is 0 Å². The van der Waals surface area contributed by atoms with Crippen molar-refractivity contribution in [2.45, 2.75) is 13.5 Å². The van der Waals surface area contributed by atoms with Gasteiger partial charge in [-0.2, -0.15) is 0 Å². The van der Waals surface area contributed by atoms with Crippen molar-refractivity contribution in [1.82, 2.24) is 10.3 Å². The lowest BCUT2D eigenvalue weighted by atomic mass is 10.2. The first-order valence-electron chi connectivity index (χ1n) is 4.41. The number of rotatable bonds is 3. The molecule has 15 heavy (non-hydrogen) atoms. The van der Waals surface area contributed by atoms with Crippen LogP contribution in [0.25, 0.3) is 0 Å². The van der Waals surface area contributed by atoms with Crippen molar-refractivity contribution in [3.8, 4) is 0 Å². The number of ether oxygens (including phenoxy) is 1. The Hall–Kier alpha value is -1.91. The molecule has 0 saturated heterocycles. The maximum atomic E-state index is 11.1. The van der Waals surface area contributed by atoms with Crippen LogP contribution in [-0.4, -0.2) is 24.0 Å². The van der Waals surface area contributed by atoms with E-state index in [0.29, 0.717) is 17.8 Å². The maximum absolute atomic E-state index is 11.1. The fourth-order valence-electron chi connectivity index (χ4n) is 0.983. The first kappa shape index (κ1) is 11.2. The van der Waals surface area contributed by atoms with Crippen molar-refractivity contribution in [3.63, 3.8) is 0 Å². The van der Waals surface area contributed by atoms with Gasteiger partial charge in [-0.05, 0) is 12.1 Å². The Kier molecular flexibility index (Phi) is 3.79. The second-order valence-corrected chi connectivity index (χ2v) is 2.94. The summed E-state index contributed by atoms with van der Waals surface area (Å²) >= 11 is 0. The van der Waals surface area contributed by atoms with Gasteiger partial charge in [0.1, 0.15) is 0 Å². The number of hydrogen-bond acceptors (Lipinski definition) is 4. The number of hydrogen-bond donors (Lipinski definition) is 1. The van der Waals surface area contributed by atoms with Gasteiger partial charge in [0.25, 0.3) is 0 Å². The fourth-order valence-corrected chi connectivity index (χ4v) is 0.983. The molecular weight excluding hydrogens is 196 g/mol. The molecule has 1 rings (SSSR count). The highest BCUT2D eigenvalue weighted by molar-refractivity contribution is 5.88. The van der Waals surface area contributed by atoms with Crippen LogP contribution in [0.5, 0.6) is 0 Å². The average Bonchev–Trinajstić information content (AvgIpc) is 2.26. The number of carbonyl (C=O) groups is 2. The molecule has 1 amide bonds. The van der Waals surface area contributed by atoms with Crippen LogP contribution in [0.4, 0.5) is 0 Å². The van der Waals surface area contributed by atoms with Gasteiger partial charge in [0.2, 0.25) is 5.91 Å². The molecule has 0 aromatic carbocycles. The molecular formula is C10H12N2O3. The minimum atomic E-state index is -0.423. The lowest BCUT2D eigenvalue weighted by molar-refractivity contribution is -0.119. The Labute approximate surface area is 87.5 Å². The summed E-state index contributed by atoms with van der Waals surface area (Å²) in [5, 5.41) is 2.61. The SMILES string of the molecule is COC(=O)c1ccc(CNC(C)=O)nc1. The van der Waals surface area contributed by atoms with Gasteiger partial charge >= 0.3 is 5.97 Å². The summed E-state index contributed by atoms with van der Waals surface area (Å²) in [7, 11) is 1.31. The van der Waals surface area contributed by atoms with Crippen molar-refractivity contribution in [3.05, 3.63) is 29.6 Å². The molecule has 0 bridgehead atoms. The quantitative estimate of drug-likeness (QED) is 0.734. The zero-order chi connectivity index (χ0) is 11.3. The predicted molar refractivity (Wildman–Crippen MR) is 53.1 cm³/mol. The third-order valence-electron chi connectivity index (χ3n) is 1.76. The number of nitrogens with zero attached hydrogens (tertiary/aromatic N) is 1. The molecule has 1 heterocycles. The highest BCUT2D eigenvalue weighted by Crippen LogP contribution is 2.01. The molecule has 5 nitrogen and oxygen atoms in total. The normalized spacial score (nSPS) is 9.47. The zero-order valence-corrected chi connectivity index (χ0v) is 8.61. The molecule has 0 unspecified atom stereocenters. The van der Waals surface area contributed by atoms with Gasteiger partial charge < -0.3 is 10.1 Å². The van der Waals surface area contributed by atoms with E-state index in [1.54, 1.807) is 12.1 Å². The Morgan fingerprint density at radius 2 is 2.20 bits per heavy atom. The van der Waals surface area contributed by atoms with Crippen LogP contribution in [0.2, 0.25) is 0 Å². The van der Waals surface area contributed by atoms with Crippen molar-refractivity contribution >= 4 is 11.9 Å². The van der Waals surface area contributed by atoms with Gasteiger partial charge in [-0.25, -0.2) is 4.79 Å². The number of esters is 1. The Balaban J connectivity index is 2.64. The van der Waals surface area contributed by atoms with Crippen LogP contribution < -0.4 is 5.32 Å². The number of aromatic nitrogens is 1. The predicted octanol–water partition coefficient (Wildman–Crippen LogP) is 0.504. The van der Waals surface area contributed by atoms with Crippen LogP contribution in [-0.2, 0) is 16.1 Å². The minimum Gasteiger partial charge on any atom is -0.465 e. The summed E-state index contributed by atoms with van der Waals surface area (Å²) in [5.74, 6) is -0.539. The van der Waals surface area contributed by atoms with E-state index in [2.05, 4.69) is 15.0 Å². The summed E-state index contributed by atoms with van der Waals surface area (Å²) in [4.78, 5) is 25.7. The van der Waals surface area contributed by atoms with Crippen LogP contribution in [0, 0.1) is 0 Å². The van der Waals surface area contributed by atoms with Crippen LogP contribution in [0.1, 0.15) is 23.0 Å². The number of methoxy groups -OCH3 is 1. The van der Waals surface area contributed by atoms with E-state index >= 15 is 0 Å². The monoisotopic (exact) mass is 208 g/mol. The van der Waals surface area contributed by atoms with Crippen molar-refractivity contribution < 1.29 is 14.3 Å². The van der Waals surface area contributed by atoms with Gasteiger partial charge in [0.05, 0.1) is 24.9 Å². The molecule has 0 aliphatic carbocycles. The first-order valence-corrected chi connectivity index (χ1v) is 4.41. The van der Waals surface area contributed by atoms with E-state index in [4.69, 9.17) is 0 Å². The number of pyridine rings is 1. The molecule has 5 heteroatoms. The lowest BCUT2D eigenvalue weighted by Gasteiger charge is -2.02. The molecule has 1 aromatic rings. The molecule has 0 atom stereocenters. The number of amides is 1. The van der Waals surface area contributed by atoms with E-state index in [1.165, 1.54) is 20.2 Å². The van der Waals surface area contributed by atoms with E-state index in [9.17, 15) is 9.59 Å². The molecule has 1 aromatic heterocycles. The Morgan fingerprint density at radius 3 is 2.67 bits per heavy atom. The molecule has 0 aliphatic rings. The van der Waals surface area contributed by atoms with Crippen LogP contribution in [0.15, 0.2) is 18.3 Å². The van der Waals surface area contributed by atoms with Gasteiger partial charge in [0.15, 0.2) is 0 Å². The largest absolute Gasteiger partial charge is 0.465 e. The molecule has 80 valence electrons. The summed E-state index contributed by atoms with van der Waals surface area (Å²) in [6.45, 7) is 1.79. The van der Waals surface area contributed by atoms with E-state index in [0.717, 1.165) is 0 Å². The van der Waals surface area contributed by atoms with Crippen LogP contribution in [0.3, 0.4) is 0 Å². The summed E-state index contributed by atoms with van der Waals surface area (Å²) in [5.41, 5.74) is 1.09. The molecule has 0 fully saturated rings. The van der Waals surface area contributed by atoms with E-state index in [-0.39, 0.29) is 5.91 Å². The summed E-state index contributed by atoms with van der Waals surface area (Å²) in [6.07, 6.45) is 1.42. The highest BCUT2D eigenvalue weighted by atomic mass is 16.5. The van der Waals surface area contributed by atoms with Gasteiger partial charge in [-0.1, -0.05) is 0 Å². The minimum absolute atomic E-state index is 0.117. The Morgan fingerprint density at radius 1 is 1.47 bits per heavy atom.